The van der Waals surface area contributed by atoms with Gasteiger partial charge in [-0.1, -0.05) is 133 Å². The lowest BCUT2D eigenvalue weighted by atomic mass is 9.96. The van der Waals surface area contributed by atoms with E-state index in [4.69, 9.17) is 14.4 Å². The van der Waals surface area contributed by atoms with Gasteiger partial charge < -0.3 is 9.73 Å². The normalized spacial score (nSPS) is 16.0. The number of hydrogen-bond donors (Lipinski definition) is 1. The molecule has 51 heavy (non-hydrogen) atoms. The van der Waals surface area contributed by atoms with Crippen molar-refractivity contribution in [1.82, 2.24) is 5.32 Å². The third-order valence-corrected chi connectivity index (χ3v) is 11.2. The lowest BCUT2D eigenvalue weighted by molar-refractivity contribution is 0.518. The van der Waals surface area contributed by atoms with E-state index in [9.17, 15) is 0 Å². The highest BCUT2D eigenvalue weighted by molar-refractivity contribution is 7.26. The van der Waals surface area contributed by atoms with Gasteiger partial charge in [-0.15, -0.1) is 11.3 Å². The number of amidine groups is 2. The van der Waals surface area contributed by atoms with E-state index in [2.05, 4.69) is 158 Å². The number of para-hydroxylation sites is 1. The van der Waals surface area contributed by atoms with Crippen LogP contribution in [0.25, 0.3) is 64.4 Å². The summed E-state index contributed by atoms with van der Waals surface area (Å²) >= 11 is 1.81. The van der Waals surface area contributed by atoms with Crippen molar-refractivity contribution >= 4 is 65.1 Å². The van der Waals surface area contributed by atoms with Gasteiger partial charge in [0.2, 0.25) is 0 Å². The molecular weight excluding hydrogens is 643 g/mol. The topological polar surface area (TPSA) is 49.9 Å². The van der Waals surface area contributed by atoms with Gasteiger partial charge in [-0.2, -0.15) is 0 Å². The predicted octanol–water partition coefficient (Wildman–Crippen LogP) is 12.0. The van der Waals surface area contributed by atoms with Crippen LogP contribution in [0.15, 0.2) is 178 Å². The van der Waals surface area contributed by atoms with E-state index in [1.807, 2.05) is 29.5 Å². The molecule has 0 amide bonds. The molecule has 4 nitrogen and oxygen atoms in total. The van der Waals surface area contributed by atoms with Crippen molar-refractivity contribution in [3.05, 3.63) is 180 Å². The zero-order chi connectivity index (χ0) is 33.9. The molecule has 0 aliphatic carbocycles. The third-order valence-electron chi connectivity index (χ3n) is 9.96. The number of thiophene rings is 1. The Labute approximate surface area is 299 Å². The summed E-state index contributed by atoms with van der Waals surface area (Å²) in [7, 11) is 0. The molecule has 2 aromatic heterocycles. The van der Waals surface area contributed by atoms with Crippen LogP contribution in [0.5, 0.6) is 0 Å². The molecule has 0 saturated carbocycles. The molecule has 7 aromatic carbocycles. The van der Waals surface area contributed by atoms with Gasteiger partial charge in [0, 0.05) is 47.6 Å². The molecule has 0 bridgehead atoms. The molecule has 10 rings (SSSR count). The van der Waals surface area contributed by atoms with E-state index in [1.54, 1.807) is 0 Å². The lowest BCUT2D eigenvalue weighted by Crippen LogP contribution is -2.40. The zero-order valence-corrected chi connectivity index (χ0v) is 28.6. The number of nitrogens with zero attached hydrogens (tertiary/aromatic N) is 2. The molecule has 0 radical (unpaired) electrons. The van der Waals surface area contributed by atoms with E-state index in [0.717, 1.165) is 61.4 Å². The minimum absolute atomic E-state index is 0.791. The molecule has 3 heterocycles. The Morgan fingerprint density at radius 3 is 1.94 bits per heavy atom. The van der Waals surface area contributed by atoms with Crippen LogP contribution in [0.2, 0.25) is 0 Å². The van der Waals surface area contributed by atoms with Crippen molar-refractivity contribution < 1.29 is 4.42 Å². The summed E-state index contributed by atoms with van der Waals surface area (Å²) in [4.78, 5) is 10.7. The quantitative estimate of drug-likeness (QED) is 0.198. The van der Waals surface area contributed by atoms with Crippen LogP contribution in [0, 0.1) is 0 Å². The fourth-order valence-electron chi connectivity index (χ4n) is 7.29. The van der Waals surface area contributed by atoms with Crippen LogP contribution >= 0.6 is 11.3 Å². The van der Waals surface area contributed by atoms with E-state index < -0.39 is 5.66 Å². The number of furan rings is 1. The smallest absolute Gasteiger partial charge is 0.177 e. The zero-order valence-electron chi connectivity index (χ0n) is 27.8. The van der Waals surface area contributed by atoms with Crippen LogP contribution < -0.4 is 5.32 Å². The first kappa shape index (κ1) is 29.6. The average Bonchev–Trinajstić information content (AvgIpc) is 3.76. The first-order chi connectivity index (χ1) is 25.1. The van der Waals surface area contributed by atoms with E-state index in [-0.39, 0.29) is 0 Å². The van der Waals surface area contributed by atoms with Gasteiger partial charge in [0.25, 0.3) is 0 Å². The van der Waals surface area contributed by atoms with E-state index >= 15 is 0 Å². The van der Waals surface area contributed by atoms with Gasteiger partial charge in [-0.05, 0) is 59.5 Å². The molecule has 242 valence electrons. The predicted molar refractivity (Wildman–Crippen MR) is 214 cm³/mol. The van der Waals surface area contributed by atoms with Gasteiger partial charge in [0.05, 0.1) is 0 Å². The summed E-state index contributed by atoms with van der Waals surface area (Å²) in [5.74, 6) is 1.60. The Kier molecular flexibility index (Phi) is 6.76. The second kappa shape index (κ2) is 11.7. The molecule has 1 aliphatic heterocycles. The van der Waals surface area contributed by atoms with Gasteiger partial charge in [-0.3, -0.25) is 0 Å². The SMILES string of the molecule is CC1(c2ccc(-c3ccc4c(c3)oc3ccccc34)cc2)N=C(c2ccc(-c3ccccc3)cc2)NC(c2cccc3c2sc2ccccc23)=N1. The Morgan fingerprint density at radius 1 is 0.490 bits per heavy atom. The van der Waals surface area contributed by atoms with Gasteiger partial charge >= 0.3 is 0 Å². The van der Waals surface area contributed by atoms with Gasteiger partial charge in [-0.25, -0.2) is 9.98 Å². The van der Waals surface area contributed by atoms with E-state index in [0.29, 0.717) is 0 Å². The Morgan fingerprint density at radius 2 is 1.10 bits per heavy atom. The van der Waals surface area contributed by atoms with Crippen molar-refractivity contribution in [2.24, 2.45) is 9.98 Å². The number of nitrogens with one attached hydrogen (secondary N) is 1. The summed E-state index contributed by atoms with van der Waals surface area (Å²) < 4.78 is 8.67. The van der Waals surface area contributed by atoms with Gasteiger partial charge in [0.15, 0.2) is 5.66 Å². The van der Waals surface area contributed by atoms with Gasteiger partial charge in [0.1, 0.15) is 22.8 Å². The molecule has 0 fully saturated rings. The second-order valence-electron chi connectivity index (χ2n) is 13.2. The summed E-state index contributed by atoms with van der Waals surface area (Å²) in [6, 6.07) is 57.5. The van der Waals surface area contributed by atoms with Crippen LogP contribution in [-0.2, 0) is 5.66 Å². The largest absolute Gasteiger partial charge is 0.456 e. The minimum atomic E-state index is -0.867. The number of aliphatic imine (C=N–C) groups is 2. The first-order valence-electron chi connectivity index (χ1n) is 17.2. The molecule has 9 aromatic rings. The van der Waals surface area contributed by atoms with Crippen molar-refractivity contribution in [1.29, 1.82) is 0 Å². The van der Waals surface area contributed by atoms with Crippen molar-refractivity contribution in [3.8, 4) is 22.3 Å². The molecule has 1 N–H and O–H groups in total. The Bertz CT molecular complexity index is 2830. The number of fused-ring (bicyclic) bond motifs is 6. The maximum absolute atomic E-state index is 6.20. The fourth-order valence-corrected chi connectivity index (χ4v) is 8.51. The van der Waals surface area contributed by atoms with Crippen LogP contribution in [0.4, 0.5) is 0 Å². The number of benzene rings is 7. The van der Waals surface area contributed by atoms with Crippen molar-refractivity contribution in [2.75, 3.05) is 0 Å². The van der Waals surface area contributed by atoms with Crippen molar-refractivity contribution in [3.63, 3.8) is 0 Å². The molecule has 1 unspecified atom stereocenters. The molecule has 0 spiro atoms. The van der Waals surface area contributed by atoms with Crippen LogP contribution in [0.1, 0.15) is 23.6 Å². The monoisotopic (exact) mass is 673 g/mol. The second-order valence-corrected chi connectivity index (χ2v) is 14.2. The summed E-state index contributed by atoms with van der Waals surface area (Å²) in [5, 5.41) is 8.43. The van der Waals surface area contributed by atoms with Crippen LogP contribution in [-0.4, -0.2) is 11.7 Å². The van der Waals surface area contributed by atoms with Crippen molar-refractivity contribution in [2.45, 2.75) is 12.6 Å². The fraction of sp³-hybridized carbons (Fsp3) is 0.0435. The minimum Gasteiger partial charge on any atom is -0.456 e. The first-order valence-corrected chi connectivity index (χ1v) is 18.0. The number of hydrogen-bond acceptors (Lipinski definition) is 5. The standard InChI is InChI=1S/C46H31N3OS/c1-46(34-25-22-31(23-26-34)33-24-27-36-35-12-5-7-16-40(35)50-41(36)28-33)48-44(32-20-18-30(19-21-32)29-10-3-2-4-11-29)47-45(49-46)39-15-9-14-38-37-13-6-8-17-42(37)51-43(38)39/h2-28H,1H3,(H,47,48,49). The average molecular weight is 674 g/mol. The Balaban J connectivity index is 1.07. The molecule has 1 atom stereocenters. The molecular formula is C46H31N3OS. The third kappa shape index (κ3) is 5.05. The summed E-state index contributed by atoms with van der Waals surface area (Å²) in [5.41, 5.74) is 8.58. The lowest BCUT2D eigenvalue weighted by Gasteiger charge is -2.30. The summed E-state index contributed by atoms with van der Waals surface area (Å²) in [6.45, 7) is 2.10. The molecule has 1 aliphatic rings. The highest BCUT2D eigenvalue weighted by Crippen LogP contribution is 2.39. The highest BCUT2D eigenvalue weighted by atomic mass is 32.1. The maximum atomic E-state index is 6.20. The maximum Gasteiger partial charge on any atom is 0.177 e. The van der Waals surface area contributed by atoms with Crippen LogP contribution in [0.3, 0.4) is 0 Å². The Hall–Kier alpha value is -6.30. The molecule has 0 saturated heterocycles. The number of rotatable bonds is 5. The molecule has 5 heteroatoms. The van der Waals surface area contributed by atoms with E-state index in [1.165, 1.54) is 31.3 Å². The highest BCUT2D eigenvalue weighted by Gasteiger charge is 2.32. The summed E-state index contributed by atoms with van der Waals surface area (Å²) in [6.07, 6.45) is 0.